The number of thiophene rings is 1. The number of ether oxygens (including phenoxy) is 1. The van der Waals surface area contributed by atoms with Crippen LogP contribution in [0.4, 0.5) is 24.8 Å². The van der Waals surface area contributed by atoms with Crippen LogP contribution < -0.4 is 10.6 Å². The number of likely N-dealkylation sites (tertiary alicyclic amines) is 1. The van der Waals surface area contributed by atoms with Gasteiger partial charge in [-0.1, -0.05) is 32.0 Å². The van der Waals surface area contributed by atoms with Crippen molar-refractivity contribution in [3.05, 3.63) is 86.9 Å². The van der Waals surface area contributed by atoms with Crippen molar-refractivity contribution in [2.45, 2.75) is 65.0 Å². The maximum atomic E-state index is 14.1. The Bertz CT molecular complexity index is 2570. The number of hydrogen-bond donors (Lipinski definition) is 3. The lowest BCUT2D eigenvalue weighted by Crippen LogP contribution is -2.51. The number of piperazine rings is 1. The molecule has 7 heterocycles. The van der Waals surface area contributed by atoms with Crippen molar-refractivity contribution in [2.75, 3.05) is 76.2 Å². The summed E-state index contributed by atoms with van der Waals surface area (Å²) in [6.07, 6.45) is -2.09. The molecule has 64 heavy (non-hydrogen) atoms. The number of rotatable bonds is 9. The molecule has 0 aliphatic carbocycles. The summed E-state index contributed by atoms with van der Waals surface area (Å²) in [5.74, 6) is -0.0832. The smallest absolute Gasteiger partial charge is 0.417 e. The fraction of sp³-hybridized carbons (Fsp3) is 0.457. The van der Waals surface area contributed by atoms with Crippen LogP contribution in [-0.4, -0.2) is 122 Å². The molecule has 3 saturated heterocycles. The first-order valence-corrected chi connectivity index (χ1v) is 22.7. The van der Waals surface area contributed by atoms with E-state index in [9.17, 15) is 33.0 Å². The molecule has 338 valence electrons. The van der Waals surface area contributed by atoms with Crippen molar-refractivity contribution < 1.29 is 37.7 Å². The fourth-order valence-electron chi connectivity index (χ4n) is 9.33. The van der Waals surface area contributed by atoms with Crippen LogP contribution in [0, 0.1) is 5.92 Å². The van der Waals surface area contributed by atoms with E-state index in [2.05, 4.69) is 38.0 Å². The van der Waals surface area contributed by atoms with Crippen LogP contribution in [0.15, 0.2) is 48.7 Å². The highest BCUT2D eigenvalue weighted by atomic mass is 32.1. The summed E-state index contributed by atoms with van der Waals surface area (Å²) in [5.41, 5.74) is 9.18. The number of phenolic OH excluding ortho intramolecular Hbond substituents is 2. The molecule has 0 unspecified atom stereocenters. The molecule has 0 bridgehead atoms. The molecular weight excluding hydrogens is 848 g/mol. The number of aromatic nitrogens is 3. The average molecular weight is 900 g/mol. The minimum absolute atomic E-state index is 0.00649. The number of benzene rings is 2. The highest BCUT2D eigenvalue weighted by Crippen LogP contribution is 2.40. The van der Waals surface area contributed by atoms with Gasteiger partial charge < -0.3 is 35.4 Å². The predicted molar refractivity (Wildman–Crippen MR) is 237 cm³/mol. The molecule has 4 N–H and O–H groups in total. The van der Waals surface area contributed by atoms with Gasteiger partial charge in [0.2, 0.25) is 5.91 Å². The molecule has 0 radical (unpaired) electrons. The zero-order valence-electron chi connectivity index (χ0n) is 35.9. The number of hydrogen-bond acceptors (Lipinski definition) is 13. The summed E-state index contributed by atoms with van der Waals surface area (Å²) in [6.45, 7) is 12.5. The number of fused-ring (bicyclic) bond motifs is 2. The van der Waals surface area contributed by atoms with Crippen LogP contribution in [0.2, 0.25) is 0 Å². The van der Waals surface area contributed by atoms with E-state index in [0.29, 0.717) is 75.9 Å². The van der Waals surface area contributed by atoms with Crippen LogP contribution in [0.3, 0.4) is 0 Å². The Morgan fingerprint density at radius 1 is 0.859 bits per heavy atom. The number of alkyl halides is 3. The largest absolute Gasteiger partial charge is 0.508 e. The topological polar surface area (TPSA) is 165 Å². The van der Waals surface area contributed by atoms with Gasteiger partial charge in [-0.15, -0.1) is 11.3 Å². The zero-order valence-corrected chi connectivity index (χ0v) is 36.7. The normalized spacial score (nSPS) is 18.1. The van der Waals surface area contributed by atoms with Gasteiger partial charge >= 0.3 is 6.18 Å². The third-order valence-corrected chi connectivity index (χ3v) is 14.0. The number of aromatic hydroxyl groups is 2. The Morgan fingerprint density at radius 3 is 2.30 bits per heavy atom. The highest BCUT2D eigenvalue weighted by molar-refractivity contribution is 7.19. The Kier molecular flexibility index (Phi) is 12.1. The number of nitrogen functional groups attached to an aromatic ring is 1. The first kappa shape index (κ1) is 43.7. The van der Waals surface area contributed by atoms with Gasteiger partial charge in [0.1, 0.15) is 17.3 Å². The van der Waals surface area contributed by atoms with Crippen LogP contribution in [0.5, 0.6) is 11.5 Å². The van der Waals surface area contributed by atoms with Gasteiger partial charge in [-0.05, 0) is 72.3 Å². The molecule has 3 fully saturated rings. The van der Waals surface area contributed by atoms with Crippen molar-refractivity contribution in [3.63, 3.8) is 0 Å². The Morgan fingerprint density at radius 2 is 1.58 bits per heavy atom. The summed E-state index contributed by atoms with van der Waals surface area (Å²) in [6, 6.07) is 11.9. The molecule has 9 rings (SSSR count). The molecule has 14 nitrogen and oxygen atoms in total. The number of phenols is 2. The van der Waals surface area contributed by atoms with E-state index in [4.69, 9.17) is 15.5 Å². The van der Waals surface area contributed by atoms with E-state index in [-0.39, 0.29) is 57.9 Å². The third-order valence-electron chi connectivity index (χ3n) is 12.9. The monoisotopic (exact) mass is 899 g/mol. The number of nitrogens with zero attached hydrogens (tertiary/aromatic N) is 8. The number of carbonyl (C=O) groups is 2. The van der Waals surface area contributed by atoms with E-state index < -0.39 is 11.7 Å². The maximum absolute atomic E-state index is 14.1. The van der Waals surface area contributed by atoms with E-state index >= 15 is 0 Å². The molecule has 0 spiro atoms. The van der Waals surface area contributed by atoms with Crippen molar-refractivity contribution in [2.24, 2.45) is 5.92 Å². The first-order valence-electron chi connectivity index (χ1n) is 21.8. The van der Waals surface area contributed by atoms with Crippen LogP contribution in [0.1, 0.15) is 75.7 Å². The van der Waals surface area contributed by atoms with Crippen LogP contribution in [-0.2, 0) is 41.9 Å². The molecule has 3 aromatic heterocycles. The van der Waals surface area contributed by atoms with E-state index in [1.165, 1.54) is 6.07 Å². The second kappa shape index (κ2) is 17.8. The fourth-order valence-corrected chi connectivity index (χ4v) is 10.5. The minimum atomic E-state index is -4.67. The number of morpholine rings is 1. The third kappa shape index (κ3) is 9.05. The second-order valence-corrected chi connectivity index (χ2v) is 18.7. The van der Waals surface area contributed by atoms with E-state index in [0.717, 1.165) is 84.1 Å². The van der Waals surface area contributed by atoms with Gasteiger partial charge in [0, 0.05) is 94.1 Å². The SMILES string of the molecule is CC(C)c1cc(C(=O)N2Cc3ccc(CN4CCN(C(=O)C5CCN(Cc6cc7nc(-c8cnc(N)cc8C(F)(F)F)nc(N8CCOCC8)c7s6)CC5)CC4)cc3C2)c(O)cc1O. The Hall–Kier alpha value is -5.56. The Labute approximate surface area is 373 Å². The molecule has 18 heteroatoms. The molecule has 4 aliphatic heterocycles. The van der Waals surface area contributed by atoms with E-state index in [1.807, 2.05) is 29.7 Å². The van der Waals surface area contributed by atoms with Gasteiger partial charge in [0.25, 0.3) is 5.91 Å². The lowest BCUT2D eigenvalue weighted by Gasteiger charge is -2.38. The second-order valence-electron chi connectivity index (χ2n) is 17.5. The summed E-state index contributed by atoms with van der Waals surface area (Å²) >= 11 is 1.55. The maximum Gasteiger partial charge on any atom is 0.417 e. The van der Waals surface area contributed by atoms with E-state index in [1.54, 1.807) is 22.3 Å². The van der Waals surface area contributed by atoms with Gasteiger partial charge in [0.05, 0.1) is 34.6 Å². The number of carbonyl (C=O) groups excluding carboxylic acids is 2. The van der Waals surface area contributed by atoms with Gasteiger partial charge in [0.15, 0.2) is 11.6 Å². The van der Waals surface area contributed by atoms with Gasteiger partial charge in [-0.3, -0.25) is 19.4 Å². The summed E-state index contributed by atoms with van der Waals surface area (Å²) in [7, 11) is 0. The molecule has 0 atom stereocenters. The zero-order chi connectivity index (χ0) is 44.9. The molecule has 0 saturated carbocycles. The predicted octanol–water partition coefficient (Wildman–Crippen LogP) is 6.44. The molecule has 2 amide bonds. The van der Waals surface area contributed by atoms with Crippen molar-refractivity contribution in [1.82, 2.24) is 34.6 Å². The van der Waals surface area contributed by atoms with Crippen molar-refractivity contribution in [3.8, 4) is 22.9 Å². The van der Waals surface area contributed by atoms with Crippen molar-refractivity contribution in [1.29, 1.82) is 0 Å². The lowest BCUT2D eigenvalue weighted by molar-refractivity contribution is -0.139. The Balaban J connectivity index is 0.785. The number of amides is 2. The number of piperidine rings is 1. The quantitative estimate of drug-likeness (QED) is 0.149. The lowest BCUT2D eigenvalue weighted by atomic mass is 9.95. The number of anilines is 2. The molecular formula is C46H52F3N9O5S. The highest BCUT2D eigenvalue weighted by Gasteiger charge is 2.36. The van der Waals surface area contributed by atoms with Crippen LogP contribution in [0.25, 0.3) is 21.6 Å². The molecule has 5 aromatic rings. The summed E-state index contributed by atoms with van der Waals surface area (Å²) in [5, 5.41) is 20.8. The number of nitrogens with two attached hydrogens (primary N) is 1. The van der Waals surface area contributed by atoms with Crippen LogP contribution >= 0.6 is 11.3 Å². The average Bonchev–Trinajstić information content (AvgIpc) is 3.90. The molecule has 4 aliphatic rings. The standard InChI is InChI=1S/C46H52F3N9O5S/c1-27(2)33-19-34(39(60)21-38(33)59)45(62)58-24-30-4-3-28(17-31(30)25-58)23-55-9-11-57(12-10-55)44(61)29-5-7-54(8-6-29)26-32-18-37-41(64-32)43(56-13-15-63-16-14-56)53-42(52-37)35-22-51-40(50)20-36(35)46(47,48)49/h3-4,17-22,27,29,59-60H,5-16,23-26H2,1-2H3,(H2,50,51). The van der Waals surface area contributed by atoms with Gasteiger partial charge in [-0.2, -0.15) is 13.2 Å². The van der Waals surface area contributed by atoms with Gasteiger partial charge in [-0.25, -0.2) is 15.0 Å². The summed E-state index contributed by atoms with van der Waals surface area (Å²) < 4.78 is 48.8. The first-order chi connectivity index (χ1) is 30.7. The molecule has 2 aromatic carbocycles. The van der Waals surface area contributed by atoms with Crippen molar-refractivity contribution >= 4 is 45.0 Å². The summed E-state index contributed by atoms with van der Waals surface area (Å²) in [4.78, 5) is 52.0. The number of halogens is 3. The number of pyridine rings is 1. The minimum Gasteiger partial charge on any atom is -0.508 e.